The smallest absolute Gasteiger partial charge is 0.340 e. The highest BCUT2D eigenvalue weighted by atomic mass is 19.1. The number of benzene rings is 1. The minimum Gasteiger partial charge on any atom is -0.462 e. The normalized spacial score (nSPS) is 14.3. The molecule has 1 aliphatic carbocycles. The minimum atomic E-state index is -0.506. The second kappa shape index (κ2) is 5.47. The molecule has 0 unspecified atom stereocenters. The van der Waals surface area contributed by atoms with Gasteiger partial charge in [-0.05, 0) is 38.8 Å². The maximum Gasteiger partial charge on any atom is 0.340 e. The molecule has 1 aromatic rings. The van der Waals surface area contributed by atoms with Crippen molar-refractivity contribution in [3.8, 4) is 0 Å². The molecule has 0 aromatic heterocycles. The van der Waals surface area contributed by atoms with Crippen LogP contribution in [0.4, 0.5) is 15.8 Å². The lowest BCUT2D eigenvalue weighted by Crippen LogP contribution is -2.26. The Hall–Kier alpha value is -1.78. The lowest BCUT2D eigenvalue weighted by atomic mass is 10.1. The summed E-state index contributed by atoms with van der Waals surface area (Å²) in [6.07, 6.45) is 2.12. The molecule has 0 atom stereocenters. The summed E-state index contributed by atoms with van der Waals surface area (Å²) in [5.41, 5.74) is 6.48. The highest BCUT2D eigenvalue weighted by Gasteiger charge is 2.30. The van der Waals surface area contributed by atoms with E-state index >= 15 is 0 Å². The van der Waals surface area contributed by atoms with Crippen molar-refractivity contribution >= 4 is 17.3 Å². The van der Waals surface area contributed by atoms with E-state index in [9.17, 15) is 9.18 Å². The molecular formula is C14H19FN2O2. The predicted molar refractivity (Wildman–Crippen MR) is 72.8 cm³/mol. The quantitative estimate of drug-likeness (QED) is 0.657. The van der Waals surface area contributed by atoms with Crippen LogP contribution in [0.3, 0.4) is 0 Å². The summed E-state index contributed by atoms with van der Waals surface area (Å²) in [5.74, 6) is -0.896. The van der Waals surface area contributed by atoms with Crippen molar-refractivity contribution < 1.29 is 13.9 Å². The van der Waals surface area contributed by atoms with Crippen molar-refractivity contribution in [2.45, 2.75) is 32.7 Å². The zero-order valence-electron chi connectivity index (χ0n) is 11.3. The molecule has 104 valence electrons. The van der Waals surface area contributed by atoms with Crippen LogP contribution in [-0.4, -0.2) is 25.2 Å². The number of rotatable bonds is 5. The number of hydrogen-bond donors (Lipinski definition) is 1. The van der Waals surface area contributed by atoms with Crippen molar-refractivity contribution in [3.05, 3.63) is 23.5 Å². The SMILES string of the molecule is CCOC(=O)c1cc(N(CC)C2CC2)c(F)cc1N. The number of nitrogens with zero attached hydrogens (tertiary/aromatic N) is 1. The van der Waals surface area contributed by atoms with Gasteiger partial charge in [0.1, 0.15) is 5.82 Å². The van der Waals surface area contributed by atoms with E-state index in [0.717, 1.165) is 12.8 Å². The van der Waals surface area contributed by atoms with E-state index in [2.05, 4.69) is 0 Å². The Morgan fingerprint density at radius 2 is 2.16 bits per heavy atom. The minimum absolute atomic E-state index is 0.117. The second-order valence-electron chi connectivity index (χ2n) is 4.63. The van der Waals surface area contributed by atoms with E-state index in [4.69, 9.17) is 10.5 Å². The highest BCUT2D eigenvalue weighted by molar-refractivity contribution is 5.96. The van der Waals surface area contributed by atoms with Gasteiger partial charge in [0.15, 0.2) is 0 Å². The van der Waals surface area contributed by atoms with Crippen LogP contribution in [0.2, 0.25) is 0 Å². The number of carbonyl (C=O) groups excluding carboxylic acids is 1. The summed E-state index contributed by atoms with van der Waals surface area (Å²) in [4.78, 5) is 13.8. The maximum atomic E-state index is 14.0. The van der Waals surface area contributed by atoms with Gasteiger partial charge >= 0.3 is 5.97 Å². The van der Waals surface area contributed by atoms with E-state index in [1.54, 1.807) is 6.92 Å². The summed E-state index contributed by atoms with van der Waals surface area (Å²) >= 11 is 0. The molecule has 2 rings (SSSR count). The van der Waals surface area contributed by atoms with E-state index < -0.39 is 5.97 Å². The fourth-order valence-corrected chi connectivity index (χ4v) is 2.19. The summed E-state index contributed by atoms with van der Waals surface area (Å²) in [6.45, 7) is 4.66. The van der Waals surface area contributed by atoms with E-state index in [0.29, 0.717) is 18.3 Å². The Morgan fingerprint density at radius 3 is 2.68 bits per heavy atom. The van der Waals surface area contributed by atoms with Crippen LogP contribution >= 0.6 is 0 Å². The van der Waals surface area contributed by atoms with Crippen LogP contribution in [0.25, 0.3) is 0 Å². The van der Waals surface area contributed by atoms with Gasteiger partial charge in [0, 0.05) is 18.3 Å². The number of nitrogens with two attached hydrogens (primary N) is 1. The van der Waals surface area contributed by atoms with Crippen molar-refractivity contribution in [3.63, 3.8) is 0 Å². The van der Waals surface area contributed by atoms with Gasteiger partial charge < -0.3 is 15.4 Å². The fraction of sp³-hybridized carbons (Fsp3) is 0.500. The second-order valence-corrected chi connectivity index (χ2v) is 4.63. The third kappa shape index (κ3) is 2.80. The molecule has 1 aliphatic rings. The first-order chi connectivity index (χ1) is 9.08. The molecule has 1 aromatic carbocycles. The zero-order chi connectivity index (χ0) is 14.0. The average molecular weight is 266 g/mol. The van der Waals surface area contributed by atoms with Gasteiger partial charge in [-0.1, -0.05) is 0 Å². The number of carbonyl (C=O) groups is 1. The molecule has 2 N–H and O–H groups in total. The van der Waals surface area contributed by atoms with E-state index in [1.165, 1.54) is 12.1 Å². The van der Waals surface area contributed by atoms with Crippen molar-refractivity contribution in [2.24, 2.45) is 0 Å². The molecule has 0 saturated heterocycles. The molecule has 4 nitrogen and oxygen atoms in total. The van der Waals surface area contributed by atoms with Gasteiger partial charge in [0.05, 0.1) is 17.9 Å². The predicted octanol–water partition coefficient (Wildman–Crippen LogP) is 2.57. The van der Waals surface area contributed by atoms with E-state index in [1.807, 2.05) is 11.8 Å². The number of esters is 1. The van der Waals surface area contributed by atoms with Gasteiger partial charge in [-0.2, -0.15) is 0 Å². The van der Waals surface area contributed by atoms with Crippen LogP contribution < -0.4 is 10.6 Å². The molecule has 1 fully saturated rings. The van der Waals surface area contributed by atoms with Crippen LogP contribution in [0.5, 0.6) is 0 Å². The Labute approximate surface area is 112 Å². The monoisotopic (exact) mass is 266 g/mol. The average Bonchev–Trinajstić information content (AvgIpc) is 3.17. The van der Waals surface area contributed by atoms with Gasteiger partial charge in [0.25, 0.3) is 0 Å². The Balaban J connectivity index is 2.37. The summed E-state index contributed by atoms with van der Waals surface area (Å²) in [5, 5.41) is 0. The van der Waals surface area contributed by atoms with Crippen molar-refractivity contribution in [1.82, 2.24) is 0 Å². The number of anilines is 2. The molecule has 0 amide bonds. The lowest BCUT2D eigenvalue weighted by Gasteiger charge is -2.24. The third-order valence-electron chi connectivity index (χ3n) is 3.25. The number of ether oxygens (including phenoxy) is 1. The van der Waals surface area contributed by atoms with Crippen LogP contribution in [0.1, 0.15) is 37.0 Å². The summed E-state index contributed by atoms with van der Waals surface area (Å²) in [6, 6.07) is 3.08. The van der Waals surface area contributed by atoms with Crippen LogP contribution in [0.15, 0.2) is 12.1 Å². The first kappa shape index (κ1) is 13.6. The summed E-state index contributed by atoms with van der Waals surface area (Å²) < 4.78 is 19.0. The fourth-order valence-electron chi connectivity index (χ4n) is 2.19. The first-order valence-electron chi connectivity index (χ1n) is 6.61. The standard InChI is InChI=1S/C14H19FN2O2/c1-3-17(9-5-6-9)13-7-10(14(18)19-4-2)12(16)8-11(13)15/h7-9H,3-6,16H2,1-2H3. The molecule has 0 spiro atoms. The number of halogens is 1. The highest BCUT2D eigenvalue weighted by Crippen LogP contribution is 2.34. The topological polar surface area (TPSA) is 55.6 Å². The Morgan fingerprint density at radius 1 is 1.47 bits per heavy atom. The first-order valence-corrected chi connectivity index (χ1v) is 6.61. The molecule has 0 bridgehead atoms. The largest absolute Gasteiger partial charge is 0.462 e. The van der Waals surface area contributed by atoms with Gasteiger partial charge in [-0.25, -0.2) is 9.18 Å². The number of hydrogen-bond acceptors (Lipinski definition) is 4. The maximum absolute atomic E-state index is 14.0. The number of nitrogen functional groups attached to an aromatic ring is 1. The summed E-state index contributed by atoms with van der Waals surface area (Å²) in [7, 11) is 0. The molecule has 19 heavy (non-hydrogen) atoms. The van der Waals surface area contributed by atoms with Crippen LogP contribution in [0, 0.1) is 5.82 Å². The van der Waals surface area contributed by atoms with Crippen LogP contribution in [-0.2, 0) is 4.74 Å². The van der Waals surface area contributed by atoms with E-state index in [-0.39, 0.29) is 23.7 Å². The molecule has 0 radical (unpaired) electrons. The van der Waals surface area contributed by atoms with Gasteiger partial charge in [-0.15, -0.1) is 0 Å². The molecule has 0 aliphatic heterocycles. The Bertz CT molecular complexity index is 487. The lowest BCUT2D eigenvalue weighted by molar-refractivity contribution is 0.0527. The van der Waals surface area contributed by atoms with Gasteiger partial charge in [0.2, 0.25) is 0 Å². The van der Waals surface area contributed by atoms with Gasteiger partial charge in [-0.3, -0.25) is 0 Å². The molecular weight excluding hydrogens is 247 g/mol. The zero-order valence-corrected chi connectivity index (χ0v) is 11.3. The van der Waals surface area contributed by atoms with Crippen molar-refractivity contribution in [1.29, 1.82) is 0 Å². The third-order valence-corrected chi connectivity index (χ3v) is 3.25. The molecule has 0 heterocycles. The molecule has 5 heteroatoms. The Kier molecular flexibility index (Phi) is 3.93. The van der Waals surface area contributed by atoms with Crippen molar-refractivity contribution in [2.75, 3.05) is 23.8 Å². The molecule has 1 saturated carbocycles.